The zero-order valence-electron chi connectivity index (χ0n) is 19.9. The maximum absolute atomic E-state index is 12.9. The van der Waals surface area contributed by atoms with E-state index in [9.17, 15) is 13.2 Å². The second kappa shape index (κ2) is 9.91. The summed E-state index contributed by atoms with van der Waals surface area (Å²) in [6.07, 6.45) is 8.02. The van der Waals surface area contributed by atoms with E-state index < -0.39 is 9.84 Å². The molecular weight excluding hydrogens is 522 g/mol. The Balaban J connectivity index is 1.46. The molecular formula is C25H26ClN3O5S2. The molecule has 190 valence electrons. The molecule has 2 atom stereocenters. The van der Waals surface area contributed by atoms with Crippen molar-refractivity contribution in [3.05, 3.63) is 62.7 Å². The van der Waals surface area contributed by atoms with Crippen LogP contribution in [0.5, 0.6) is 10.9 Å². The lowest BCUT2D eigenvalue weighted by Crippen LogP contribution is -2.42. The van der Waals surface area contributed by atoms with Crippen molar-refractivity contribution >= 4 is 51.0 Å². The minimum absolute atomic E-state index is 0.0424. The summed E-state index contributed by atoms with van der Waals surface area (Å²) in [4.78, 5) is 23.0. The Kier molecular flexibility index (Phi) is 6.84. The number of hydrogen-bond acceptors (Lipinski definition) is 7. The number of halogens is 1. The molecule has 1 amide bonds. The highest BCUT2D eigenvalue weighted by Crippen LogP contribution is 2.35. The number of aromatic amines is 1. The molecule has 5 rings (SSSR count). The molecule has 3 aromatic rings. The maximum Gasteiger partial charge on any atom is 0.410 e. The van der Waals surface area contributed by atoms with Gasteiger partial charge in [0.1, 0.15) is 11.8 Å². The third-order valence-corrected chi connectivity index (χ3v) is 8.33. The molecule has 0 saturated carbocycles. The first-order chi connectivity index (χ1) is 17.2. The fourth-order valence-electron chi connectivity index (χ4n) is 4.68. The molecule has 0 bridgehead atoms. The number of rotatable bonds is 6. The predicted molar refractivity (Wildman–Crippen MR) is 140 cm³/mol. The second-order valence-corrected chi connectivity index (χ2v) is 12.6. The molecule has 0 fully saturated rings. The van der Waals surface area contributed by atoms with Crippen LogP contribution in [0.2, 0.25) is 0 Å². The summed E-state index contributed by atoms with van der Waals surface area (Å²) in [6.45, 7) is 2.63. The highest BCUT2D eigenvalue weighted by atomic mass is 35.5. The minimum atomic E-state index is -3.14. The predicted octanol–water partition coefficient (Wildman–Crippen LogP) is 3.48. The van der Waals surface area contributed by atoms with E-state index in [4.69, 9.17) is 21.1 Å². The number of thiazole rings is 1. The average Bonchev–Trinajstić information content (AvgIpc) is 3.41. The van der Waals surface area contributed by atoms with Crippen LogP contribution in [-0.4, -0.2) is 54.2 Å². The summed E-state index contributed by atoms with van der Waals surface area (Å²) in [7, 11) is -3.14. The zero-order valence-corrected chi connectivity index (χ0v) is 22.3. The van der Waals surface area contributed by atoms with E-state index in [0.717, 1.165) is 28.2 Å². The van der Waals surface area contributed by atoms with Crippen molar-refractivity contribution in [1.82, 2.24) is 14.9 Å². The Morgan fingerprint density at radius 2 is 2.08 bits per heavy atom. The van der Waals surface area contributed by atoms with Crippen molar-refractivity contribution in [3.63, 3.8) is 0 Å². The van der Waals surface area contributed by atoms with Crippen LogP contribution < -0.4 is 15.3 Å². The molecule has 0 spiro atoms. The van der Waals surface area contributed by atoms with Crippen LogP contribution >= 0.6 is 22.9 Å². The molecule has 1 aromatic carbocycles. The van der Waals surface area contributed by atoms with Gasteiger partial charge in [0.15, 0.2) is 9.84 Å². The van der Waals surface area contributed by atoms with E-state index in [1.165, 1.54) is 29.4 Å². The number of H-pyrrole nitrogens is 1. The van der Waals surface area contributed by atoms with Crippen LogP contribution in [0.25, 0.3) is 12.2 Å². The Bertz CT molecular complexity index is 1510. The minimum Gasteiger partial charge on any atom is -0.450 e. The summed E-state index contributed by atoms with van der Waals surface area (Å²) in [6, 6.07) is 7.14. The van der Waals surface area contributed by atoms with Crippen LogP contribution in [0, 0.1) is 0 Å². The number of amides is 1. The second-order valence-electron chi connectivity index (χ2n) is 8.85. The fraction of sp³-hybridized carbons (Fsp3) is 0.360. The molecule has 0 saturated heterocycles. The number of sulfone groups is 1. The first kappa shape index (κ1) is 24.9. The molecule has 1 unspecified atom stereocenters. The Morgan fingerprint density at radius 3 is 2.81 bits per heavy atom. The molecule has 1 aliphatic carbocycles. The number of carbonyl (C=O) groups excluding carboxylic acids is 1. The van der Waals surface area contributed by atoms with Crippen LogP contribution in [0.15, 0.2) is 30.5 Å². The van der Waals surface area contributed by atoms with Crippen molar-refractivity contribution in [2.45, 2.75) is 36.9 Å². The molecule has 3 heterocycles. The largest absolute Gasteiger partial charge is 0.450 e. The van der Waals surface area contributed by atoms with Gasteiger partial charge in [0.2, 0.25) is 0 Å². The lowest BCUT2D eigenvalue weighted by atomic mass is 9.92. The Hall–Kier alpha value is -2.82. The summed E-state index contributed by atoms with van der Waals surface area (Å²) < 4.78 is 34.3. The van der Waals surface area contributed by atoms with Crippen LogP contribution in [0.3, 0.4) is 0 Å². The molecule has 2 aromatic heterocycles. The Labute approximate surface area is 218 Å². The number of nitrogens with one attached hydrogen (secondary N) is 1. The van der Waals surface area contributed by atoms with Gasteiger partial charge in [-0.2, -0.15) is 0 Å². The van der Waals surface area contributed by atoms with E-state index in [1.807, 2.05) is 24.3 Å². The lowest BCUT2D eigenvalue weighted by molar-refractivity contribution is 0.0930. The van der Waals surface area contributed by atoms with E-state index in [0.29, 0.717) is 35.4 Å². The number of hydrogen-bond donors (Lipinski definition) is 1. The number of alkyl halides is 1. The number of carbonyl (C=O) groups is 1. The van der Waals surface area contributed by atoms with Crippen molar-refractivity contribution in [2.24, 2.45) is 0 Å². The van der Waals surface area contributed by atoms with E-state index in [2.05, 4.69) is 22.1 Å². The van der Waals surface area contributed by atoms with Crippen molar-refractivity contribution in [2.75, 3.05) is 19.4 Å². The fourth-order valence-corrected chi connectivity index (χ4v) is 6.93. The van der Waals surface area contributed by atoms with Gasteiger partial charge < -0.3 is 14.5 Å². The number of fused-ring (bicyclic) bond motifs is 3. The highest BCUT2D eigenvalue weighted by Gasteiger charge is 2.35. The standard InChI is InChI=1S/C25H26ClN3O5S2/c1-3-33-25(30)29-11-10-19-20-12-16(26)6-9-21(20)28-22(19)23(29)15-4-7-17(8-5-15)34-24-27-13-18(35-24)14-36(2,31)32/h4-5,7-9,12-13,16,23,28H,3,6,10-11,14H2,1-2H3/t16?,23-/m0/s1. The topological polar surface area (TPSA) is 102 Å². The van der Waals surface area contributed by atoms with Gasteiger partial charge in [-0.3, -0.25) is 4.90 Å². The van der Waals surface area contributed by atoms with Gasteiger partial charge in [-0.05, 0) is 43.0 Å². The summed E-state index contributed by atoms with van der Waals surface area (Å²) in [5.41, 5.74) is 3.06. The van der Waals surface area contributed by atoms with Crippen molar-refractivity contribution in [3.8, 4) is 10.9 Å². The summed E-state index contributed by atoms with van der Waals surface area (Å²) in [5, 5.41) is 2.49. The quantitative estimate of drug-likeness (QED) is 0.474. The molecule has 36 heavy (non-hydrogen) atoms. The van der Waals surface area contributed by atoms with Gasteiger partial charge in [-0.15, -0.1) is 11.6 Å². The summed E-state index contributed by atoms with van der Waals surface area (Å²) >= 11 is 7.60. The monoisotopic (exact) mass is 547 g/mol. The zero-order chi connectivity index (χ0) is 25.4. The van der Waals surface area contributed by atoms with Gasteiger partial charge in [-0.1, -0.05) is 35.6 Å². The van der Waals surface area contributed by atoms with Gasteiger partial charge in [-0.25, -0.2) is 18.2 Å². The number of benzene rings is 1. The first-order valence-electron chi connectivity index (χ1n) is 11.6. The molecule has 0 radical (unpaired) electrons. The maximum atomic E-state index is 12.9. The Morgan fingerprint density at radius 1 is 1.31 bits per heavy atom. The third-order valence-electron chi connectivity index (χ3n) is 6.13. The van der Waals surface area contributed by atoms with Crippen molar-refractivity contribution in [1.29, 1.82) is 0 Å². The first-order valence-corrected chi connectivity index (χ1v) is 14.9. The van der Waals surface area contributed by atoms with Gasteiger partial charge in [0.25, 0.3) is 5.19 Å². The SMILES string of the molecule is CCOC(=O)N1CCc2c([nH]c3c2=CC(Cl)CC=3)[C@@H]1c1ccc(Oc2ncc(CS(C)(=O)=O)s2)cc1. The normalized spacial score (nSPS) is 19.0. The molecule has 1 N–H and O–H groups in total. The van der Waals surface area contributed by atoms with Crippen LogP contribution in [-0.2, 0) is 26.7 Å². The summed E-state index contributed by atoms with van der Waals surface area (Å²) in [5.74, 6) is 0.496. The molecule has 11 heteroatoms. The van der Waals surface area contributed by atoms with Crippen LogP contribution in [0.4, 0.5) is 4.79 Å². The third kappa shape index (κ3) is 5.16. The molecule has 1 aliphatic heterocycles. The van der Waals surface area contributed by atoms with Gasteiger partial charge in [0, 0.05) is 40.1 Å². The molecule has 8 nitrogen and oxygen atoms in total. The lowest BCUT2D eigenvalue weighted by Gasteiger charge is -2.35. The van der Waals surface area contributed by atoms with Gasteiger partial charge in [0.05, 0.1) is 17.7 Å². The van der Waals surface area contributed by atoms with E-state index in [-0.39, 0.29) is 23.3 Å². The van der Waals surface area contributed by atoms with Crippen LogP contribution in [0.1, 0.15) is 41.1 Å². The smallest absolute Gasteiger partial charge is 0.410 e. The number of nitrogens with zero attached hydrogens (tertiary/aromatic N) is 2. The number of ether oxygens (including phenoxy) is 2. The molecule has 2 aliphatic rings. The van der Waals surface area contributed by atoms with E-state index >= 15 is 0 Å². The number of aromatic nitrogens is 2. The highest BCUT2D eigenvalue weighted by molar-refractivity contribution is 7.90. The van der Waals surface area contributed by atoms with Crippen molar-refractivity contribution < 1.29 is 22.7 Å². The van der Waals surface area contributed by atoms with Gasteiger partial charge >= 0.3 is 6.09 Å². The van der Waals surface area contributed by atoms with E-state index in [1.54, 1.807) is 11.8 Å². The average molecular weight is 548 g/mol.